The molecule has 0 bridgehead atoms. The van der Waals surface area contributed by atoms with Crippen molar-refractivity contribution in [2.75, 3.05) is 13.2 Å². The second-order valence-corrected chi connectivity index (χ2v) is 7.38. The summed E-state index contributed by atoms with van der Waals surface area (Å²) in [5.74, 6) is -1.43. The number of carbonyl (C=O) groups excluding carboxylic acids is 3. The van der Waals surface area contributed by atoms with Crippen LogP contribution in [0.4, 0.5) is 5.69 Å². The lowest BCUT2D eigenvalue weighted by Crippen LogP contribution is -2.53. The Kier molecular flexibility index (Phi) is 7.37. The Labute approximate surface area is 184 Å². The number of fused-ring (bicyclic) bond motifs is 1. The minimum atomic E-state index is -1.02. The van der Waals surface area contributed by atoms with Gasteiger partial charge in [0, 0.05) is 25.1 Å². The van der Waals surface area contributed by atoms with Gasteiger partial charge in [-0.05, 0) is 25.0 Å². The third kappa shape index (κ3) is 5.81. The van der Waals surface area contributed by atoms with Crippen LogP contribution in [0.15, 0.2) is 48.5 Å². The third-order valence-electron chi connectivity index (χ3n) is 4.95. The molecule has 2 aromatic rings. The average Bonchev–Trinajstić information content (AvgIpc) is 2.78. The zero-order chi connectivity index (χ0) is 23.1. The van der Waals surface area contributed by atoms with Crippen LogP contribution >= 0.6 is 0 Å². The first-order valence-electron chi connectivity index (χ1n) is 10.2. The van der Waals surface area contributed by atoms with Gasteiger partial charge < -0.3 is 20.7 Å². The number of ether oxygens (including phenoxy) is 1. The largest absolute Gasteiger partial charge is 0.493 e. The zero-order valence-corrected chi connectivity index (χ0v) is 17.5. The predicted molar refractivity (Wildman–Crippen MR) is 115 cm³/mol. The van der Waals surface area contributed by atoms with Crippen molar-refractivity contribution in [1.29, 1.82) is 0 Å². The number of nitro groups is 1. The fourth-order valence-corrected chi connectivity index (χ4v) is 3.23. The maximum atomic E-state index is 13.1. The summed E-state index contributed by atoms with van der Waals surface area (Å²) in [4.78, 5) is 48.8. The number of rotatable bonds is 3. The molecule has 168 valence electrons. The number of carbonyl (C=O) groups is 3. The van der Waals surface area contributed by atoms with Crippen LogP contribution in [-0.2, 0) is 16.0 Å². The number of hydrogen-bond donors (Lipinski definition) is 3. The number of nitrogens with zero attached hydrogens (tertiary/aromatic N) is 1. The van der Waals surface area contributed by atoms with Gasteiger partial charge >= 0.3 is 0 Å². The van der Waals surface area contributed by atoms with E-state index in [2.05, 4.69) is 16.0 Å². The second-order valence-electron chi connectivity index (χ2n) is 7.38. The maximum absolute atomic E-state index is 13.1. The summed E-state index contributed by atoms with van der Waals surface area (Å²) in [5, 5.41) is 19.2. The Bertz CT molecular complexity index is 1010. The number of nitrogens with one attached hydrogen (secondary N) is 3. The molecule has 0 spiro atoms. The molecule has 0 unspecified atom stereocenters. The Hall–Kier alpha value is -3.95. The smallest absolute Gasteiger partial charge is 0.270 e. The summed E-state index contributed by atoms with van der Waals surface area (Å²) in [6, 6.07) is 10.9. The van der Waals surface area contributed by atoms with Crippen LogP contribution in [0.25, 0.3) is 0 Å². The minimum Gasteiger partial charge on any atom is -0.493 e. The number of hydrogen-bond acceptors (Lipinski definition) is 6. The molecule has 2 aromatic carbocycles. The van der Waals surface area contributed by atoms with Crippen LogP contribution in [0.5, 0.6) is 5.75 Å². The van der Waals surface area contributed by atoms with E-state index in [1.54, 1.807) is 19.1 Å². The maximum Gasteiger partial charge on any atom is 0.270 e. The van der Waals surface area contributed by atoms with Gasteiger partial charge in [-0.1, -0.05) is 30.3 Å². The lowest BCUT2D eigenvalue weighted by molar-refractivity contribution is -0.384. The van der Waals surface area contributed by atoms with Crippen LogP contribution < -0.4 is 20.7 Å². The van der Waals surface area contributed by atoms with E-state index in [0.717, 1.165) is 11.6 Å². The van der Waals surface area contributed by atoms with Gasteiger partial charge in [-0.3, -0.25) is 24.5 Å². The Morgan fingerprint density at radius 3 is 2.53 bits per heavy atom. The molecule has 10 heteroatoms. The van der Waals surface area contributed by atoms with Crippen LogP contribution in [0, 0.1) is 10.1 Å². The van der Waals surface area contributed by atoms with Gasteiger partial charge in [0.1, 0.15) is 17.8 Å². The summed E-state index contributed by atoms with van der Waals surface area (Å²) < 4.78 is 5.64. The van der Waals surface area contributed by atoms with Gasteiger partial charge in [-0.2, -0.15) is 0 Å². The molecule has 1 heterocycles. The monoisotopic (exact) mass is 440 g/mol. The van der Waals surface area contributed by atoms with Gasteiger partial charge in [0.25, 0.3) is 11.6 Å². The van der Waals surface area contributed by atoms with Crippen molar-refractivity contribution in [2.45, 2.75) is 31.8 Å². The van der Waals surface area contributed by atoms with E-state index in [1.165, 1.54) is 12.1 Å². The highest BCUT2D eigenvalue weighted by molar-refractivity contribution is 6.00. The third-order valence-corrected chi connectivity index (χ3v) is 4.95. The standard InChI is InChI=1S/C22H24N4O6/c1-14-20(27)23-10-5-11-32-19-9-8-16(26(30)31)13-17(19)21(28)25-18(22(29)24-14)12-15-6-3-2-4-7-15/h2-4,6-9,13-14,18H,5,10-12H2,1H3,(H,23,27)(H,24,29)(H,25,28)/t14-,18-/m0/s1. The summed E-state index contributed by atoms with van der Waals surface area (Å²) in [5.41, 5.74) is 0.481. The number of amides is 3. The van der Waals surface area contributed by atoms with Gasteiger partial charge in [-0.25, -0.2) is 0 Å². The van der Waals surface area contributed by atoms with Crippen molar-refractivity contribution in [1.82, 2.24) is 16.0 Å². The van der Waals surface area contributed by atoms with Crippen LogP contribution in [0.2, 0.25) is 0 Å². The summed E-state index contributed by atoms with van der Waals surface area (Å²) in [6.07, 6.45) is 0.610. The van der Waals surface area contributed by atoms with Gasteiger partial charge in [0.15, 0.2) is 0 Å². The number of nitro benzene ring substituents is 1. The van der Waals surface area contributed by atoms with Crippen molar-refractivity contribution in [2.24, 2.45) is 0 Å². The highest BCUT2D eigenvalue weighted by Gasteiger charge is 2.27. The van der Waals surface area contributed by atoms with E-state index < -0.39 is 28.8 Å². The SMILES string of the molecule is C[C@@H]1NC(=O)[C@H](Cc2ccccc2)NC(=O)c2cc([N+](=O)[O-])ccc2OCCCNC1=O. The molecule has 0 aliphatic carbocycles. The first-order chi connectivity index (χ1) is 15.3. The minimum absolute atomic E-state index is 0.0424. The molecule has 3 amide bonds. The number of benzene rings is 2. The lowest BCUT2D eigenvalue weighted by atomic mass is 10.0. The van der Waals surface area contributed by atoms with E-state index in [1.807, 2.05) is 18.2 Å². The second kappa shape index (κ2) is 10.4. The van der Waals surface area contributed by atoms with Crippen molar-refractivity contribution in [3.05, 3.63) is 69.8 Å². The summed E-state index contributed by atoms with van der Waals surface area (Å²) in [7, 11) is 0. The molecule has 0 fully saturated rings. The van der Waals surface area contributed by atoms with E-state index in [4.69, 9.17) is 4.74 Å². The average molecular weight is 440 g/mol. The molecule has 32 heavy (non-hydrogen) atoms. The topological polar surface area (TPSA) is 140 Å². The molecule has 1 aliphatic rings. The molecule has 0 saturated heterocycles. The molecule has 0 saturated carbocycles. The van der Waals surface area contributed by atoms with Gasteiger partial charge in [0.2, 0.25) is 11.8 Å². The summed E-state index contributed by atoms with van der Waals surface area (Å²) >= 11 is 0. The first kappa shape index (κ1) is 22.7. The normalized spacial score (nSPS) is 20.0. The summed E-state index contributed by atoms with van der Waals surface area (Å²) in [6.45, 7) is 2.04. The molecule has 0 aromatic heterocycles. The van der Waals surface area contributed by atoms with E-state index in [9.17, 15) is 24.5 Å². The molecule has 10 nitrogen and oxygen atoms in total. The zero-order valence-electron chi connectivity index (χ0n) is 17.5. The lowest BCUT2D eigenvalue weighted by Gasteiger charge is -2.22. The van der Waals surface area contributed by atoms with Crippen molar-refractivity contribution < 1.29 is 24.0 Å². The molecule has 1 aliphatic heterocycles. The molecule has 2 atom stereocenters. The Morgan fingerprint density at radius 2 is 1.81 bits per heavy atom. The Morgan fingerprint density at radius 1 is 1.06 bits per heavy atom. The number of non-ortho nitro benzene ring substituents is 1. The fraction of sp³-hybridized carbons (Fsp3) is 0.318. The van der Waals surface area contributed by atoms with Crippen LogP contribution in [0.3, 0.4) is 0 Å². The quantitative estimate of drug-likeness (QED) is 0.486. The van der Waals surface area contributed by atoms with E-state index >= 15 is 0 Å². The van der Waals surface area contributed by atoms with Crippen LogP contribution in [-0.4, -0.2) is 47.9 Å². The van der Waals surface area contributed by atoms with Crippen molar-refractivity contribution >= 4 is 23.4 Å². The van der Waals surface area contributed by atoms with E-state index in [0.29, 0.717) is 13.0 Å². The van der Waals surface area contributed by atoms with E-state index in [-0.39, 0.29) is 35.9 Å². The molecular formula is C22H24N4O6. The van der Waals surface area contributed by atoms with Crippen molar-refractivity contribution in [3.63, 3.8) is 0 Å². The predicted octanol–water partition coefficient (Wildman–Crippen LogP) is 1.34. The Balaban J connectivity index is 1.95. The van der Waals surface area contributed by atoms with Gasteiger partial charge in [-0.15, -0.1) is 0 Å². The van der Waals surface area contributed by atoms with Crippen LogP contribution in [0.1, 0.15) is 29.3 Å². The highest BCUT2D eigenvalue weighted by Crippen LogP contribution is 2.25. The molecule has 3 N–H and O–H groups in total. The van der Waals surface area contributed by atoms with Crippen molar-refractivity contribution in [3.8, 4) is 5.75 Å². The molecule has 0 radical (unpaired) electrons. The first-order valence-corrected chi connectivity index (χ1v) is 10.2. The fourth-order valence-electron chi connectivity index (χ4n) is 3.23. The highest BCUT2D eigenvalue weighted by atomic mass is 16.6. The molecule has 3 rings (SSSR count). The molecular weight excluding hydrogens is 416 g/mol. The van der Waals surface area contributed by atoms with Gasteiger partial charge in [0.05, 0.1) is 17.1 Å².